The highest BCUT2D eigenvalue weighted by molar-refractivity contribution is 6.31. The first-order chi connectivity index (χ1) is 14.4. The zero-order valence-electron chi connectivity index (χ0n) is 15.9. The van der Waals surface area contributed by atoms with Crippen LogP contribution in [0.25, 0.3) is 11.0 Å². The van der Waals surface area contributed by atoms with E-state index in [1.807, 2.05) is 31.2 Å². The summed E-state index contributed by atoms with van der Waals surface area (Å²) in [7, 11) is 0. The van der Waals surface area contributed by atoms with Gasteiger partial charge >= 0.3 is 0 Å². The van der Waals surface area contributed by atoms with Gasteiger partial charge in [0.25, 0.3) is 5.91 Å². The Balaban J connectivity index is 1.83. The van der Waals surface area contributed by atoms with Gasteiger partial charge in [0.05, 0.1) is 17.0 Å². The molecular weight excluding hydrogens is 405 g/mol. The molecule has 0 N–H and O–H groups in total. The molecule has 1 unspecified atom stereocenters. The molecule has 3 aromatic carbocycles. The number of hydrogen-bond donors (Lipinski definition) is 0. The van der Waals surface area contributed by atoms with E-state index in [0.29, 0.717) is 10.7 Å². The van der Waals surface area contributed by atoms with Crippen LogP contribution in [-0.4, -0.2) is 5.91 Å². The number of amides is 1. The predicted molar refractivity (Wildman–Crippen MR) is 114 cm³/mol. The van der Waals surface area contributed by atoms with E-state index in [0.717, 1.165) is 17.2 Å². The average molecular weight is 420 g/mol. The largest absolute Gasteiger partial charge is 0.450 e. The Labute approximate surface area is 176 Å². The average Bonchev–Trinajstić information content (AvgIpc) is 3.02. The summed E-state index contributed by atoms with van der Waals surface area (Å²) in [6.07, 6.45) is 0. The SMILES string of the molecule is Cc1ccc(C2c3c(oc4ccc(F)cc4c3=O)C(=O)N2c2cccc(Cl)c2)cc1. The summed E-state index contributed by atoms with van der Waals surface area (Å²) in [6.45, 7) is 1.96. The van der Waals surface area contributed by atoms with E-state index >= 15 is 0 Å². The number of fused-ring (bicyclic) bond motifs is 2. The second-order valence-electron chi connectivity index (χ2n) is 7.28. The molecule has 1 aromatic heterocycles. The quantitative estimate of drug-likeness (QED) is 0.422. The molecule has 30 heavy (non-hydrogen) atoms. The number of benzene rings is 3. The molecule has 5 rings (SSSR count). The minimum absolute atomic E-state index is 0.0374. The van der Waals surface area contributed by atoms with Crippen molar-refractivity contribution in [3.63, 3.8) is 0 Å². The van der Waals surface area contributed by atoms with E-state index in [9.17, 15) is 14.0 Å². The van der Waals surface area contributed by atoms with Gasteiger partial charge in [0, 0.05) is 10.7 Å². The summed E-state index contributed by atoms with van der Waals surface area (Å²) in [4.78, 5) is 28.3. The van der Waals surface area contributed by atoms with Crippen LogP contribution >= 0.6 is 11.6 Å². The van der Waals surface area contributed by atoms with Crippen molar-refractivity contribution in [2.45, 2.75) is 13.0 Å². The Morgan fingerprint density at radius 3 is 2.50 bits per heavy atom. The maximum absolute atomic E-state index is 13.8. The molecule has 0 spiro atoms. The zero-order valence-corrected chi connectivity index (χ0v) is 16.6. The number of carbonyl (C=O) groups excluding carboxylic acids is 1. The molecule has 1 atom stereocenters. The van der Waals surface area contributed by atoms with Crippen LogP contribution in [0, 0.1) is 12.7 Å². The van der Waals surface area contributed by atoms with Gasteiger partial charge in [0.15, 0.2) is 5.43 Å². The third-order valence-corrected chi connectivity index (χ3v) is 5.55. The summed E-state index contributed by atoms with van der Waals surface area (Å²) in [5, 5.41) is 0.567. The van der Waals surface area contributed by atoms with Crippen molar-refractivity contribution >= 4 is 34.2 Å². The standard InChI is InChI=1S/C24H15ClFNO3/c1-13-5-7-14(8-6-13)21-20-22(28)18-12-16(26)9-10-19(18)30-23(20)24(29)27(21)17-4-2-3-15(25)11-17/h2-12,21H,1H3. The lowest BCUT2D eigenvalue weighted by Gasteiger charge is -2.25. The number of rotatable bonds is 2. The number of hydrogen-bond acceptors (Lipinski definition) is 3. The number of aryl methyl sites for hydroxylation is 1. The lowest BCUT2D eigenvalue weighted by molar-refractivity contribution is 0.0971. The van der Waals surface area contributed by atoms with Gasteiger partial charge in [-0.15, -0.1) is 0 Å². The Morgan fingerprint density at radius 2 is 1.77 bits per heavy atom. The summed E-state index contributed by atoms with van der Waals surface area (Å²) in [6, 6.07) is 17.4. The van der Waals surface area contributed by atoms with E-state index in [4.69, 9.17) is 16.0 Å². The van der Waals surface area contributed by atoms with Crippen molar-refractivity contribution in [1.82, 2.24) is 0 Å². The minimum atomic E-state index is -0.713. The first-order valence-electron chi connectivity index (χ1n) is 9.36. The topological polar surface area (TPSA) is 50.5 Å². The summed E-state index contributed by atoms with van der Waals surface area (Å²) in [5.41, 5.74) is 2.28. The van der Waals surface area contributed by atoms with Gasteiger partial charge in [-0.2, -0.15) is 0 Å². The molecule has 0 aliphatic carbocycles. The third-order valence-electron chi connectivity index (χ3n) is 5.31. The summed E-state index contributed by atoms with van der Waals surface area (Å²) < 4.78 is 19.6. The molecule has 1 aliphatic rings. The third kappa shape index (κ3) is 2.82. The molecule has 0 fully saturated rings. The van der Waals surface area contributed by atoms with E-state index in [-0.39, 0.29) is 22.3 Å². The maximum atomic E-state index is 13.8. The lowest BCUT2D eigenvalue weighted by Crippen LogP contribution is -2.29. The fourth-order valence-electron chi connectivity index (χ4n) is 3.90. The van der Waals surface area contributed by atoms with Crippen LogP contribution in [0.4, 0.5) is 10.1 Å². The van der Waals surface area contributed by atoms with E-state index in [2.05, 4.69) is 0 Å². The number of halogens is 2. The molecule has 4 nitrogen and oxygen atoms in total. The van der Waals surface area contributed by atoms with Crippen LogP contribution in [0.2, 0.25) is 5.02 Å². The molecule has 6 heteroatoms. The van der Waals surface area contributed by atoms with Crippen LogP contribution in [0.5, 0.6) is 0 Å². The first-order valence-corrected chi connectivity index (χ1v) is 9.74. The van der Waals surface area contributed by atoms with Crippen molar-refractivity contribution in [2.24, 2.45) is 0 Å². The molecule has 2 heterocycles. The Morgan fingerprint density at radius 1 is 1.00 bits per heavy atom. The molecule has 1 aliphatic heterocycles. The van der Waals surface area contributed by atoms with Crippen molar-refractivity contribution in [3.8, 4) is 0 Å². The van der Waals surface area contributed by atoms with Gasteiger partial charge in [-0.05, 0) is 48.9 Å². The van der Waals surface area contributed by atoms with Crippen LogP contribution in [-0.2, 0) is 0 Å². The summed E-state index contributed by atoms with van der Waals surface area (Å²) in [5.74, 6) is -1.02. The second-order valence-corrected chi connectivity index (χ2v) is 7.72. The second kappa shape index (κ2) is 6.82. The smallest absolute Gasteiger partial charge is 0.295 e. The molecule has 1 amide bonds. The van der Waals surface area contributed by atoms with Crippen molar-refractivity contribution in [3.05, 3.63) is 110 Å². The molecule has 0 saturated heterocycles. The highest BCUT2D eigenvalue weighted by Gasteiger charge is 2.43. The molecule has 0 bridgehead atoms. The molecule has 148 valence electrons. The number of nitrogens with zero attached hydrogens (tertiary/aromatic N) is 1. The van der Waals surface area contributed by atoms with Crippen LogP contribution in [0.15, 0.2) is 75.9 Å². The van der Waals surface area contributed by atoms with E-state index in [1.54, 1.807) is 24.3 Å². The Kier molecular flexibility index (Phi) is 4.22. The van der Waals surface area contributed by atoms with Crippen molar-refractivity contribution in [2.75, 3.05) is 4.90 Å². The zero-order chi connectivity index (χ0) is 21.0. The maximum Gasteiger partial charge on any atom is 0.295 e. The monoisotopic (exact) mass is 419 g/mol. The van der Waals surface area contributed by atoms with Crippen molar-refractivity contribution < 1.29 is 13.6 Å². The van der Waals surface area contributed by atoms with Gasteiger partial charge in [0.1, 0.15) is 11.4 Å². The van der Waals surface area contributed by atoms with Crippen LogP contribution < -0.4 is 10.3 Å². The summed E-state index contributed by atoms with van der Waals surface area (Å²) >= 11 is 6.17. The van der Waals surface area contributed by atoms with Gasteiger partial charge in [0.2, 0.25) is 5.76 Å². The van der Waals surface area contributed by atoms with Gasteiger partial charge in [-0.3, -0.25) is 14.5 Å². The molecule has 0 saturated carbocycles. The molecule has 4 aromatic rings. The van der Waals surface area contributed by atoms with Crippen LogP contribution in [0.3, 0.4) is 0 Å². The molecular formula is C24H15ClFNO3. The highest BCUT2D eigenvalue weighted by atomic mass is 35.5. The van der Waals surface area contributed by atoms with Gasteiger partial charge < -0.3 is 4.42 Å². The van der Waals surface area contributed by atoms with Crippen molar-refractivity contribution in [1.29, 1.82) is 0 Å². The normalized spacial score (nSPS) is 15.6. The number of carbonyl (C=O) groups is 1. The van der Waals surface area contributed by atoms with Gasteiger partial charge in [-0.25, -0.2) is 4.39 Å². The lowest BCUT2D eigenvalue weighted by atomic mass is 9.97. The fourth-order valence-corrected chi connectivity index (χ4v) is 4.09. The minimum Gasteiger partial charge on any atom is -0.450 e. The van der Waals surface area contributed by atoms with Gasteiger partial charge in [-0.1, -0.05) is 47.5 Å². The Bertz CT molecular complexity index is 1380. The first kappa shape index (κ1) is 18.6. The predicted octanol–water partition coefficient (Wildman–Crippen LogP) is 5.64. The highest BCUT2D eigenvalue weighted by Crippen LogP contribution is 2.41. The number of anilines is 1. The Hall–Kier alpha value is -3.44. The van der Waals surface area contributed by atoms with Crippen LogP contribution in [0.1, 0.15) is 33.3 Å². The van der Waals surface area contributed by atoms with E-state index < -0.39 is 23.2 Å². The molecule has 0 radical (unpaired) electrons. The van der Waals surface area contributed by atoms with E-state index in [1.165, 1.54) is 17.0 Å². The fraction of sp³-hybridized carbons (Fsp3) is 0.0833.